The number of hydrogen-bond donors (Lipinski definition) is 4. The van der Waals surface area contributed by atoms with Crippen molar-refractivity contribution in [1.82, 2.24) is 15.6 Å². The summed E-state index contributed by atoms with van der Waals surface area (Å²) in [5.74, 6) is 0.383. The van der Waals surface area contributed by atoms with E-state index in [4.69, 9.17) is 16.3 Å². The van der Waals surface area contributed by atoms with E-state index >= 15 is 0 Å². The minimum atomic E-state index is -0.660. The number of aliphatic hydroxyl groups is 1. The largest absolute Gasteiger partial charge is 0.492 e. The quantitative estimate of drug-likeness (QED) is 0.611. The zero-order chi connectivity index (χ0) is 20.1. The summed E-state index contributed by atoms with van der Waals surface area (Å²) in [7, 11) is 0. The van der Waals surface area contributed by atoms with Crippen LogP contribution in [0.2, 0.25) is 5.02 Å². The highest BCUT2D eigenvalue weighted by Gasteiger charge is 2.24. The number of pyridine rings is 1. The van der Waals surface area contributed by atoms with E-state index in [1.807, 2.05) is 6.07 Å². The van der Waals surface area contributed by atoms with Gasteiger partial charge < -0.3 is 20.5 Å². The number of fused-ring (bicyclic) bond motifs is 1. The molecule has 0 aliphatic carbocycles. The van der Waals surface area contributed by atoms with Crippen LogP contribution in [-0.2, 0) is 0 Å². The molecule has 3 rings (SSSR count). The van der Waals surface area contributed by atoms with Gasteiger partial charge in [-0.2, -0.15) is 0 Å². The normalized spacial score (nSPS) is 16.3. The molecular formula is C19H21ClN4O4. The van der Waals surface area contributed by atoms with E-state index in [0.717, 1.165) is 5.56 Å². The molecule has 2 atom stereocenters. The number of para-hydroxylation sites is 1. The van der Waals surface area contributed by atoms with Gasteiger partial charge in [0.15, 0.2) is 0 Å². The molecular weight excluding hydrogens is 384 g/mol. The number of aliphatic hydroxyl groups excluding tert-OH is 1. The van der Waals surface area contributed by atoms with Gasteiger partial charge in [-0.15, -0.1) is 0 Å². The Bertz CT molecular complexity index is 875. The van der Waals surface area contributed by atoms with E-state index in [1.54, 1.807) is 31.2 Å². The lowest BCUT2D eigenvalue weighted by atomic mass is 10.0. The molecule has 8 nitrogen and oxygen atoms in total. The molecule has 3 amide bonds. The van der Waals surface area contributed by atoms with E-state index in [1.165, 1.54) is 6.07 Å². The van der Waals surface area contributed by atoms with Crippen molar-refractivity contribution in [2.45, 2.75) is 25.5 Å². The number of benzene rings is 1. The highest BCUT2D eigenvalue weighted by Crippen LogP contribution is 2.37. The molecule has 0 bridgehead atoms. The molecule has 1 aromatic carbocycles. The summed E-state index contributed by atoms with van der Waals surface area (Å²) in [6.45, 7) is 2.13. The standard InChI is InChI=1S/C19H21ClN4O4/c1-11(25)10-21-18(26)15-6-3-7-16(22-15)24-19(27)23-14-8-9-28-17-12(14)4-2-5-13(17)20/h2-7,11,14,25H,8-10H2,1H3,(H,21,26)(H2,22,23,24,27)/t11-,14-/m0/s1. The lowest BCUT2D eigenvalue weighted by Crippen LogP contribution is -2.35. The maximum absolute atomic E-state index is 12.4. The van der Waals surface area contributed by atoms with Crippen LogP contribution in [0.1, 0.15) is 35.4 Å². The number of halogens is 1. The molecule has 0 spiro atoms. The van der Waals surface area contributed by atoms with Gasteiger partial charge in [-0.1, -0.05) is 29.8 Å². The summed E-state index contributed by atoms with van der Waals surface area (Å²) in [6.07, 6.45) is -0.0532. The van der Waals surface area contributed by atoms with Gasteiger partial charge in [0.2, 0.25) is 0 Å². The number of anilines is 1. The van der Waals surface area contributed by atoms with Crippen molar-refractivity contribution in [3.63, 3.8) is 0 Å². The fourth-order valence-corrected chi connectivity index (χ4v) is 3.05. The summed E-state index contributed by atoms with van der Waals surface area (Å²) in [6, 6.07) is 9.42. The van der Waals surface area contributed by atoms with E-state index in [2.05, 4.69) is 20.9 Å². The molecule has 0 saturated heterocycles. The lowest BCUT2D eigenvalue weighted by Gasteiger charge is -2.27. The monoisotopic (exact) mass is 404 g/mol. The number of amides is 3. The summed E-state index contributed by atoms with van der Waals surface area (Å²) >= 11 is 6.15. The van der Waals surface area contributed by atoms with E-state index in [0.29, 0.717) is 23.8 Å². The minimum Gasteiger partial charge on any atom is -0.492 e. The van der Waals surface area contributed by atoms with Crippen LogP contribution in [-0.4, -0.2) is 41.3 Å². The van der Waals surface area contributed by atoms with Crippen molar-refractivity contribution >= 4 is 29.4 Å². The summed E-state index contributed by atoms with van der Waals surface area (Å²) < 4.78 is 5.59. The molecule has 4 N–H and O–H groups in total. The van der Waals surface area contributed by atoms with Crippen molar-refractivity contribution in [2.75, 3.05) is 18.5 Å². The van der Waals surface area contributed by atoms with Crippen LogP contribution in [0.5, 0.6) is 5.75 Å². The Morgan fingerprint density at radius 2 is 2.11 bits per heavy atom. The Hall–Kier alpha value is -2.84. The van der Waals surface area contributed by atoms with Gasteiger partial charge >= 0.3 is 6.03 Å². The molecule has 148 valence electrons. The number of aromatic nitrogens is 1. The fraction of sp³-hybridized carbons (Fsp3) is 0.316. The minimum absolute atomic E-state index is 0.115. The first-order chi connectivity index (χ1) is 13.4. The molecule has 0 saturated carbocycles. The van der Waals surface area contributed by atoms with Gasteiger partial charge in [0.25, 0.3) is 5.91 Å². The Labute approximate surface area is 167 Å². The number of nitrogens with one attached hydrogen (secondary N) is 3. The first-order valence-corrected chi connectivity index (χ1v) is 9.24. The number of rotatable bonds is 5. The van der Waals surface area contributed by atoms with Gasteiger partial charge in [0.1, 0.15) is 17.3 Å². The van der Waals surface area contributed by atoms with Crippen LogP contribution < -0.4 is 20.7 Å². The molecule has 0 unspecified atom stereocenters. The van der Waals surface area contributed by atoms with Crippen molar-refractivity contribution in [2.24, 2.45) is 0 Å². The van der Waals surface area contributed by atoms with Crippen molar-refractivity contribution in [3.8, 4) is 5.75 Å². The number of nitrogens with zero attached hydrogens (tertiary/aromatic N) is 1. The van der Waals surface area contributed by atoms with Crippen molar-refractivity contribution in [3.05, 3.63) is 52.7 Å². The van der Waals surface area contributed by atoms with Crippen LogP contribution in [0.15, 0.2) is 36.4 Å². The van der Waals surface area contributed by atoms with Gasteiger partial charge in [-0.3, -0.25) is 10.1 Å². The Morgan fingerprint density at radius 3 is 2.89 bits per heavy atom. The molecule has 1 aliphatic heterocycles. The molecule has 0 radical (unpaired) electrons. The highest BCUT2D eigenvalue weighted by molar-refractivity contribution is 6.32. The molecule has 1 aliphatic rings. The number of hydrogen-bond acceptors (Lipinski definition) is 5. The fourth-order valence-electron chi connectivity index (χ4n) is 2.81. The van der Waals surface area contributed by atoms with Gasteiger partial charge in [0, 0.05) is 18.5 Å². The summed E-state index contributed by atoms with van der Waals surface area (Å²) in [5.41, 5.74) is 0.953. The smallest absolute Gasteiger partial charge is 0.320 e. The third-order valence-corrected chi connectivity index (χ3v) is 4.41. The Morgan fingerprint density at radius 1 is 1.32 bits per heavy atom. The second kappa shape index (κ2) is 8.90. The van der Waals surface area contributed by atoms with E-state index in [9.17, 15) is 14.7 Å². The average Bonchev–Trinajstić information content (AvgIpc) is 2.67. The van der Waals surface area contributed by atoms with Crippen LogP contribution >= 0.6 is 11.6 Å². The molecule has 2 aromatic rings. The SMILES string of the molecule is C[C@H](O)CNC(=O)c1cccc(NC(=O)N[C@H]2CCOc3c(Cl)cccc32)n1. The van der Waals surface area contributed by atoms with E-state index < -0.39 is 18.0 Å². The van der Waals surface area contributed by atoms with Crippen molar-refractivity contribution < 1.29 is 19.4 Å². The van der Waals surface area contributed by atoms with Crippen LogP contribution in [0.25, 0.3) is 0 Å². The average molecular weight is 405 g/mol. The zero-order valence-corrected chi connectivity index (χ0v) is 16.0. The second-order valence-corrected chi connectivity index (χ2v) is 6.82. The third-order valence-electron chi connectivity index (χ3n) is 4.11. The Balaban J connectivity index is 1.64. The Kier molecular flexibility index (Phi) is 6.33. The molecule has 1 aromatic heterocycles. The topological polar surface area (TPSA) is 113 Å². The predicted octanol–water partition coefficient (Wildman–Crippen LogP) is 2.49. The third kappa shape index (κ3) is 4.90. The number of urea groups is 1. The lowest BCUT2D eigenvalue weighted by molar-refractivity contribution is 0.0919. The molecule has 28 heavy (non-hydrogen) atoms. The maximum atomic E-state index is 12.4. The molecule has 2 heterocycles. The van der Waals surface area contributed by atoms with Gasteiger partial charge in [-0.05, 0) is 25.1 Å². The first kappa shape index (κ1) is 19.9. The number of carbonyl (C=O) groups is 2. The highest BCUT2D eigenvalue weighted by atomic mass is 35.5. The maximum Gasteiger partial charge on any atom is 0.320 e. The van der Waals surface area contributed by atoms with Crippen molar-refractivity contribution in [1.29, 1.82) is 0 Å². The van der Waals surface area contributed by atoms with Gasteiger partial charge in [-0.25, -0.2) is 9.78 Å². The van der Waals surface area contributed by atoms with Crippen LogP contribution in [0, 0.1) is 0 Å². The van der Waals surface area contributed by atoms with Crippen LogP contribution in [0.3, 0.4) is 0 Å². The van der Waals surface area contributed by atoms with E-state index in [-0.39, 0.29) is 24.1 Å². The predicted molar refractivity (Wildman–Crippen MR) is 105 cm³/mol. The number of ether oxygens (including phenoxy) is 1. The van der Waals surface area contributed by atoms with Gasteiger partial charge in [0.05, 0.1) is 23.8 Å². The molecule has 0 fully saturated rings. The second-order valence-electron chi connectivity index (χ2n) is 6.41. The summed E-state index contributed by atoms with van der Waals surface area (Å²) in [5, 5.41) is 17.8. The summed E-state index contributed by atoms with van der Waals surface area (Å²) in [4.78, 5) is 28.6. The molecule has 9 heteroatoms. The van der Waals surface area contributed by atoms with Crippen LogP contribution in [0.4, 0.5) is 10.6 Å². The zero-order valence-electron chi connectivity index (χ0n) is 15.2. The first-order valence-electron chi connectivity index (χ1n) is 8.86. The number of carbonyl (C=O) groups excluding carboxylic acids is 2.